The first-order valence-electron chi connectivity index (χ1n) is 7.69. The Morgan fingerprint density at radius 1 is 1.00 bits per heavy atom. The Hall–Kier alpha value is -1.76. The molecular weight excluding hydrogens is 348 g/mol. The lowest BCUT2D eigenvalue weighted by Crippen LogP contribution is -2.48. The zero-order valence-electron chi connectivity index (χ0n) is 13.3. The fourth-order valence-corrected chi connectivity index (χ4v) is 4.81. The van der Waals surface area contributed by atoms with Crippen LogP contribution in [0.1, 0.15) is 5.56 Å². The molecule has 2 aromatic rings. The predicted octanol–water partition coefficient (Wildman–Crippen LogP) is 2.86. The Morgan fingerprint density at radius 3 is 2.33 bits per heavy atom. The van der Waals surface area contributed by atoms with E-state index in [4.69, 9.17) is 11.6 Å². The molecule has 1 aliphatic rings. The summed E-state index contributed by atoms with van der Waals surface area (Å²) in [5.41, 5.74) is 1.30. The summed E-state index contributed by atoms with van der Waals surface area (Å²) in [5, 5.41) is 10.4. The summed E-state index contributed by atoms with van der Waals surface area (Å²) in [6.07, 6.45) is 0. The summed E-state index contributed by atoms with van der Waals surface area (Å²) in [6.45, 7) is 3.49. The van der Waals surface area contributed by atoms with Crippen LogP contribution in [0.5, 0.6) is 5.75 Å². The normalized spacial score (nSPS) is 16.3. The molecule has 1 heterocycles. The molecule has 3 rings (SSSR count). The topological polar surface area (TPSA) is 60.9 Å². The van der Waals surface area contributed by atoms with Gasteiger partial charge in [-0.15, -0.1) is 0 Å². The number of sulfonamides is 1. The number of phenolic OH excluding ortho intramolecular Hbond substituents is 1. The molecule has 0 saturated carbocycles. The maximum atomic E-state index is 12.9. The zero-order valence-corrected chi connectivity index (χ0v) is 14.9. The molecule has 128 valence electrons. The average Bonchev–Trinajstić information content (AvgIpc) is 2.58. The second kappa shape index (κ2) is 6.63. The van der Waals surface area contributed by atoms with Crippen molar-refractivity contribution >= 4 is 27.3 Å². The summed E-state index contributed by atoms with van der Waals surface area (Å²) in [4.78, 5) is 2.25. The molecule has 1 N–H and O–H groups in total. The van der Waals surface area contributed by atoms with Crippen LogP contribution in [0.2, 0.25) is 5.02 Å². The fourth-order valence-electron chi connectivity index (χ4n) is 2.91. The van der Waals surface area contributed by atoms with Gasteiger partial charge in [-0.3, -0.25) is 0 Å². The van der Waals surface area contributed by atoms with E-state index in [1.54, 1.807) is 37.3 Å². The van der Waals surface area contributed by atoms with E-state index in [9.17, 15) is 13.5 Å². The minimum atomic E-state index is -3.57. The third-order valence-corrected chi connectivity index (χ3v) is 6.75. The minimum absolute atomic E-state index is 0.208. The van der Waals surface area contributed by atoms with Gasteiger partial charge < -0.3 is 10.0 Å². The van der Waals surface area contributed by atoms with Gasteiger partial charge in [0.2, 0.25) is 10.0 Å². The quantitative estimate of drug-likeness (QED) is 0.907. The molecule has 0 aliphatic carbocycles. The molecule has 24 heavy (non-hydrogen) atoms. The lowest BCUT2D eigenvalue weighted by atomic mass is 10.2. The molecular formula is C17H19ClN2O3S. The van der Waals surface area contributed by atoms with Crippen LogP contribution in [0.15, 0.2) is 47.4 Å². The third kappa shape index (κ3) is 3.09. The number of hydrogen-bond acceptors (Lipinski definition) is 4. The fraction of sp³-hybridized carbons (Fsp3) is 0.294. The molecule has 0 bridgehead atoms. The minimum Gasteiger partial charge on any atom is -0.506 e. The van der Waals surface area contributed by atoms with Gasteiger partial charge in [0, 0.05) is 31.2 Å². The SMILES string of the molecule is Cc1c(Cl)cccc1S(=O)(=O)N1CCN(c2ccccc2O)CC1. The standard InChI is InChI=1S/C17H19ClN2O3S/c1-13-14(18)5-4-8-17(13)24(22,23)20-11-9-19(10-12-20)15-6-2-3-7-16(15)21/h2-8,21H,9-12H2,1H3. The van der Waals surface area contributed by atoms with Crippen molar-refractivity contribution in [3.8, 4) is 5.75 Å². The molecule has 1 fully saturated rings. The van der Waals surface area contributed by atoms with Crippen molar-refractivity contribution < 1.29 is 13.5 Å². The number of phenols is 1. The van der Waals surface area contributed by atoms with Gasteiger partial charge in [-0.05, 0) is 36.8 Å². The lowest BCUT2D eigenvalue weighted by Gasteiger charge is -2.35. The van der Waals surface area contributed by atoms with E-state index in [1.807, 2.05) is 17.0 Å². The first kappa shape index (κ1) is 17.1. The van der Waals surface area contributed by atoms with Gasteiger partial charge in [0.05, 0.1) is 10.6 Å². The van der Waals surface area contributed by atoms with Gasteiger partial charge in [-0.25, -0.2) is 8.42 Å². The van der Waals surface area contributed by atoms with E-state index in [1.165, 1.54) is 4.31 Å². The molecule has 7 heteroatoms. The first-order chi connectivity index (χ1) is 11.4. The van der Waals surface area contributed by atoms with Crippen molar-refractivity contribution in [2.24, 2.45) is 0 Å². The second-order valence-corrected chi connectivity index (χ2v) is 8.06. The third-order valence-electron chi connectivity index (χ3n) is 4.30. The van der Waals surface area contributed by atoms with Crippen molar-refractivity contribution in [1.29, 1.82) is 0 Å². The molecule has 0 atom stereocenters. The van der Waals surface area contributed by atoms with Crippen molar-refractivity contribution in [3.05, 3.63) is 53.1 Å². The number of aromatic hydroxyl groups is 1. The molecule has 5 nitrogen and oxygen atoms in total. The van der Waals surface area contributed by atoms with Gasteiger partial charge in [0.15, 0.2) is 0 Å². The Morgan fingerprint density at radius 2 is 1.67 bits per heavy atom. The summed E-state index contributed by atoms with van der Waals surface area (Å²) in [5.74, 6) is 0.208. The maximum Gasteiger partial charge on any atom is 0.243 e. The predicted molar refractivity (Wildman–Crippen MR) is 95.3 cm³/mol. The number of hydrogen-bond donors (Lipinski definition) is 1. The lowest BCUT2D eigenvalue weighted by molar-refractivity contribution is 0.382. The number of piperazine rings is 1. The Kier molecular flexibility index (Phi) is 4.71. The summed E-state index contributed by atoms with van der Waals surface area (Å²) in [6, 6.07) is 12.0. The van der Waals surface area contributed by atoms with E-state index < -0.39 is 10.0 Å². The molecule has 0 unspecified atom stereocenters. The van der Waals surface area contributed by atoms with E-state index >= 15 is 0 Å². The van der Waals surface area contributed by atoms with Gasteiger partial charge in [0.25, 0.3) is 0 Å². The Labute approximate surface area is 147 Å². The second-order valence-electron chi connectivity index (χ2n) is 5.74. The number of nitrogens with zero attached hydrogens (tertiary/aromatic N) is 2. The highest BCUT2D eigenvalue weighted by Crippen LogP contribution is 2.30. The van der Waals surface area contributed by atoms with E-state index in [0.29, 0.717) is 36.8 Å². The van der Waals surface area contributed by atoms with Crippen molar-refractivity contribution in [2.45, 2.75) is 11.8 Å². The Balaban J connectivity index is 1.79. The maximum absolute atomic E-state index is 12.9. The summed E-state index contributed by atoms with van der Waals surface area (Å²) in [7, 11) is -3.57. The van der Waals surface area contributed by atoms with Crippen molar-refractivity contribution in [1.82, 2.24) is 4.31 Å². The highest BCUT2D eigenvalue weighted by Gasteiger charge is 2.30. The number of anilines is 1. The highest BCUT2D eigenvalue weighted by atomic mass is 35.5. The van der Waals surface area contributed by atoms with Crippen LogP contribution < -0.4 is 4.90 Å². The van der Waals surface area contributed by atoms with Crippen LogP contribution in [-0.2, 0) is 10.0 Å². The molecule has 2 aromatic carbocycles. The summed E-state index contributed by atoms with van der Waals surface area (Å²) < 4.78 is 27.2. The van der Waals surface area contributed by atoms with Crippen LogP contribution in [0.3, 0.4) is 0 Å². The zero-order chi connectivity index (χ0) is 17.3. The average molecular weight is 367 g/mol. The van der Waals surface area contributed by atoms with Crippen LogP contribution >= 0.6 is 11.6 Å². The largest absolute Gasteiger partial charge is 0.506 e. The molecule has 0 amide bonds. The monoisotopic (exact) mass is 366 g/mol. The number of para-hydroxylation sites is 2. The number of benzene rings is 2. The van der Waals surface area contributed by atoms with Crippen LogP contribution in [-0.4, -0.2) is 44.0 Å². The Bertz CT molecular complexity index is 847. The molecule has 1 saturated heterocycles. The molecule has 0 spiro atoms. The molecule has 0 radical (unpaired) electrons. The number of rotatable bonds is 3. The first-order valence-corrected chi connectivity index (χ1v) is 9.51. The van der Waals surface area contributed by atoms with Gasteiger partial charge in [-0.1, -0.05) is 29.8 Å². The van der Waals surface area contributed by atoms with Crippen molar-refractivity contribution in [3.63, 3.8) is 0 Å². The van der Waals surface area contributed by atoms with Crippen LogP contribution in [0.25, 0.3) is 0 Å². The molecule has 0 aromatic heterocycles. The smallest absolute Gasteiger partial charge is 0.243 e. The van der Waals surface area contributed by atoms with Crippen LogP contribution in [0, 0.1) is 6.92 Å². The highest BCUT2D eigenvalue weighted by molar-refractivity contribution is 7.89. The van der Waals surface area contributed by atoms with Gasteiger partial charge >= 0.3 is 0 Å². The van der Waals surface area contributed by atoms with E-state index in [2.05, 4.69) is 0 Å². The number of halogens is 1. The van der Waals surface area contributed by atoms with Crippen LogP contribution in [0.4, 0.5) is 5.69 Å². The van der Waals surface area contributed by atoms with Crippen molar-refractivity contribution in [2.75, 3.05) is 31.1 Å². The summed E-state index contributed by atoms with van der Waals surface area (Å²) >= 11 is 6.06. The van der Waals surface area contributed by atoms with E-state index in [0.717, 1.165) is 5.69 Å². The van der Waals surface area contributed by atoms with E-state index in [-0.39, 0.29) is 10.6 Å². The van der Waals surface area contributed by atoms with Gasteiger partial charge in [-0.2, -0.15) is 4.31 Å². The van der Waals surface area contributed by atoms with Gasteiger partial charge in [0.1, 0.15) is 5.75 Å². The molecule has 1 aliphatic heterocycles.